The largest absolute Gasteiger partial charge is 0.344 e. The minimum Gasteiger partial charge on any atom is -0.344 e. The summed E-state index contributed by atoms with van der Waals surface area (Å²) in [6, 6.07) is 6.94. The number of halogens is 1. The fraction of sp³-hybridized carbons (Fsp3) is 0.500. The summed E-state index contributed by atoms with van der Waals surface area (Å²) in [5.74, 6) is -0.692. The highest BCUT2D eigenvalue weighted by atomic mass is 32.2. The average Bonchev–Trinajstić information content (AvgIpc) is 2.60. The lowest BCUT2D eigenvalue weighted by Gasteiger charge is -2.34. The van der Waals surface area contributed by atoms with Gasteiger partial charge in [-0.15, -0.1) is 0 Å². The van der Waals surface area contributed by atoms with Gasteiger partial charge in [0.2, 0.25) is 15.9 Å². The number of piperazine rings is 1. The molecule has 1 aliphatic heterocycles. The molecule has 1 aromatic rings. The minimum atomic E-state index is -3.73. The Morgan fingerprint density at radius 3 is 2.60 bits per heavy atom. The van der Waals surface area contributed by atoms with Crippen molar-refractivity contribution in [2.75, 3.05) is 46.3 Å². The van der Waals surface area contributed by atoms with Crippen LogP contribution >= 0.6 is 0 Å². The van der Waals surface area contributed by atoms with E-state index in [0.29, 0.717) is 19.6 Å². The zero-order valence-electron chi connectivity index (χ0n) is 14.1. The van der Waals surface area contributed by atoms with E-state index in [0.717, 1.165) is 6.07 Å². The molecule has 1 saturated heterocycles. The van der Waals surface area contributed by atoms with Crippen LogP contribution in [0, 0.1) is 17.1 Å². The summed E-state index contributed by atoms with van der Waals surface area (Å²) < 4.78 is 39.6. The highest BCUT2D eigenvalue weighted by Crippen LogP contribution is 2.18. The van der Waals surface area contributed by atoms with Gasteiger partial charge in [-0.25, -0.2) is 12.8 Å². The van der Waals surface area contributed by atoms with Gasteiger partial charge in [0.25, 0.3) is 0 Å². The van der Waals surface area contributed by atoms with E-state index in [4.69, 9.17) is 5.26 Å². The number of nitriles is 1. The van der Waals surface area contributed by atoms with Gasteiger partial charge >= 0.3 is 0 Å². The summed E-state index contributed by atoms with van der Waals surface area (Å²) in [6.45, 7) is 1.90. The molecule has 0 spiro atoms. The van der Waals surface area contributed by atoms with Gasteiger partial charge in [0.15, 0.2) is 0 Å². The van der Waals surface area contributed by atoms with Crippen LogP contribution < -0.4 is 0 Å². The van der Waals surface area contributed by atoms with Crippen LogP contribution in [0.5, 0.6) is 0 Å². The van der Waals surface area contributed by atoms with Crippen molar-refractivity contribution in [3.8, 4) is 6.07 Å². The van der Waals surface area contributed by atoms with Crippen molar-refractivity contribution >= 4 is 15.9 Å². The van der Waals surface area contributed by atoms with Crippen molar-refractivity contribution in [3.05, 3.63) is 30.1 Å². The molecule has 0 aromatic heterocycles. The molecule has 0 aliphatic carbocycles. The lowest BCUT2D eigenvalue weighted by atomic mass is 10.3. The summed E-state index contributed by atoms with van der Waals surface area (Å²) in [6.07, 6.45) is 0.280. The van der Waals surface area contributed by atoms with Crippen molar-refractivity contribution in [3.63, 3.8) is 0 Å². The van der Waals surface area contributed by atoms with Gasteiger partial charge in [-0.3, -0.25) is 9.69 Å². The SMILES string of the molecule is CN(CCC#N)C(=O)CN1CCN(S(=O)(=O)c2cccc(F)c2)CC1. The minimum absolute atomic E-state index is 0.0618. The van der Waals surface area contributed by atoms with Crippen molar-refractivity contribution in [1.82, 2.24) is 14.1 Å². The highest BCUT2D eigenvalue weighted by molar-refractivity contribution is 7.89. The third-order valence-corrected chi connectivity index (χ3v) is 6.00. The molecule has 1 heterocycles. The first-order valence-corrected chi connectivity index (χ1v) is 9.37. The monoisotopic (exact) mass is 368 g/mol. The molecule has 25 heavy (non-hydrogen) atoms. The molecule has 7 nitrogen and oxygen atoms in total. The van der Waals surface area contributed by atoms with Gasteiger partial charge in [0.05, 0.1) is 23.9 Å². The average molecular weight is 368 g/mol. The molecule has 1 aliphatic rings. The Labute approximate surface area is 147 Å². The first kappa shape index (κ1) is 19.3. The molecule has 0 N–H and O–H groups in total. The zero-order valence-corrected chi connectivity index (χ0v) is 14.9. The van der Waals surface area contributed by atoms with Gasteiger partial charge in [0, 0.05) is 39.8 Å². The third-order valence-electron chi connectivity index (χ3n) is 4.11. The van der Waals surface area contributed by atoms with Crippen molar-refractivity contribution in [2.24, 2.45) is 0 Å². The number of sulfonamides is 1. The molecule has 9 heteroatoms. The van der Waals surface area contributed by atoms with E-state index in [1.807, 2.05) is 11.0 Å². The maximum Gasteiger partial charge on any atom is 0.243 e. The van der Waals surface area contributed by atoms with Crippen LogP contribution in [0.25, 0.3) is 0 Å². The Hall–Kier alpha value is -2.02. The number of carbonyl (C=O) groups is 1. The van der Waals surface area contributed by atoms with E-state index in [2.05, 4.69) is 0 Å². The Morgan fingerprint density at radius 1 is 1.32 bits per heavy atom. The van der Waals surface area contributed by atoms with Gasteiger partial charge in [0.1, 0.15) is 5.82 Å². The van der Waals surface area contributed by atoms with Gasteiger partial charge < -0.3 is 4.90 Å². The van der Waals surface area contributed by atoms with Crippen LogP contribution in [0.2, 0.25) is 0 Å². The molecular formula is C16H21FN4O3S. The van der Waals surface area contributed by atoms with Crippen LogP contribution in [0.3, 0.4) is 0 Å². The van der Waals surface area contributed by atoms with E-state index < -0.39 is 15.8 Å². The van der Waals surface area contributed by atoms with E-state index >= 15 is 0 Å². The van der Waals surface area contributed by atoms with E-state index in [1.165, 1.54) is 27.4 Å². The molecule has 0 bridgehead atoms. The summed E-state index contributed by atoms with van der Waals surface area (Å²) in [5, 5.41) is 8.55. The number of benzene rings is 1. The van der Waals surface area contributed by atoms with Gasteiger partial charge in [-0.2, -0.15) is 9.57 Å². The molecule has 2 rings (SSSR count). The second-order valence-corrected chi connectivity index (χ2v) is 7.80. The second-order valence-electron chi connectivity index (χ2n) is 5.86. The smallest absolute Gasteiger partial charge is 0.243 e. The van der Waals surface area contributed by atoms with E-state index in [1.54, 1.807) is 7.05 Å². The Morgan fingerprint density at radius 2 is 2.00 bits per heavy atom. The van der Waals surface area contributed by atoms with Gasteiger partial charge in [-0.1, -0.05) is 6.07 Å². The summed E-state index contributed by atoms with van der Waals surface area (Å²) in [7, 11) is -2.09. The van der Waals surface area contributed by atoms with Crippen LogP contribution in [0.1, 0.15) is 6.42 Å². The van der Waals surface area contributed by atoms with Crippen LogP contribution in [-0.2, 0) is 14.8 Å². The summed E-state index contributed by atoms with van der Waals surface area (Å²) in [5.41, 5.74) is 0. The molecule has 0 atom stereocenters. The summed E-state index contributed by atoms with van der Waals surface area (Å²) in [4.78, 5) is 15.4. The Bertz CT molecular complexity index is 755. The molecule has 1 aromatic carbocycles. The van der Waals surface area contributed by atoms with Crippen molar-refractivity contribution in [1.29, 1.82) is 5.26 Å². The maximum absolute atomic E-state index is 13.3. The van der Waals surface area contributed by atoms with Crippen LogP contribution in [0.4, 0.5) is 4.39 Å². The fourth-order valence-electron chi connectivity index (χ4n) is 2.56. The molecule has 1 fully saturated rings. The Balaban J connectivity index is 1.91. The third kappa shape index (κ3) is 4.98. The molecular weight excluding hydrogens is 347 g/mol. The van der Waals surface area contributed by atoms with Crippen molar-refractivity contribution < 1.29 is 17.6 Å². The molecule has 0 saturated carbocycles. The van der Waals surface area contributed by atoms with Crippen LogP contribution in [0.15, 0.2) is 29.2 Å². The quantitative estimate of drug-likeness (QED) is 0.730. The standard InChI is InChI=1S/C16H21FN4O3S/c1-19(7-3-6-18)16(22)13-20-8-10-21(11-9-20)25(23,24)15-5-2-4-14(17)12-15/h2,4-5,12H,3,7-11,13H2,1H3. The lowest BCUT2D eigenvalue weighted by molar-refractivity contribution is -0.131. The second kappa shape index (κ2) is 8.38. The lowest BCUT2D eigenvalue weighted by Crippen LogP contribution is -2.51. The summed E-state index contributed by atoms with van der Waals surface area (Å²) >= 11 is 0. The highest BCUT2D eigenvalue weighted by Gasteiger charge is 2.29. The Kier molecular flexibility index (Phi) is 6.47. The zero-order chi connectivity index (χ0) is 18.4. The molecule has 0 unspecified atom stereocenters. The number of nitrogens with zero attached hydrogens (tertiary/aromatic N) is 4. The first-order valence-electron chi connectivity index (χ1n) is 7.93. The van der Waals surface area contributed by atoms with Crippen LogP contribution in [-0.4, -0.2) is 74.7 Å². The first-order chi connectivity index (χ1) is 11.8. The van der Waals surface area contributed by atoms with E-state index in [-0.39, 0.29) is 36.9 Å². The number of hydrogen-bond acceptors (Lipinski definition) is 5. The fourth-order valence-corrected chi connectivity index (χ4v) is 4.01. The van der Waals surface area contributed by atoms with Crippen molar-refractivity contribution in [2.45, 2.75) is 11.3 Å². The molecule has 0 radical (unpaired) electrons. The number of amides is 1. The molecule has 1 amide bonds. The number of carbonyl (C=O) groups excluding carboxylic acids is 1. The molecule has 136 valence electrons. The predicted octanol–water partition coefficient (Wildman–Crippen LogP) is 0.504. The topological polar surface area (TPSA) is 84.7 Å². The maximum atomic E-state index is 13.3. The number of hydrogen-bond donors (Lipinski definition) is 0. The normalized spacial score (nSPS) is 16.4. The number of rotatable bonds is 6. The van der Waals surface area contributed by atoms with E-state index in [9.17, 15) is 17.6 Å². The number of likely N-dealkylation sites (N-methyl/N-ethyl adjacent to an activating group) is 1. The predicted molar refractivity (Wildman–Crippen MR) is 89.5 cm³/mol. The van der Waals surface area contributed by atoms with Gasteiger partial charge in [-0.05, 0) is 18.2 Å².